The number of likely N-dealkylation sites (N-methyl/N-ethyl adjacent to an activating group) is 1. The minimum Gasteiger partial charge on any atom is -0.370 e. The van der Waals surface area contributed by atoms with Gasteiger partial charge < -0.3 is 15.5 Å². The van der Waals surface area contributed by atoms with Gasteiger partial charge in [0.2, 0.25) is 0 Å². The fourth-order valence-electron chi connectivity index (χ4n) is 2.51. The summed E-state index contributed by atoms with van der Waals surface area (Å²) >= 11 is 6.09. The van der Waals surface area contributed by atoms with Gasteiger partial charge in [-0.2, -0.15) is 0 Å². The van der Waals surface area contributed by atoms with Crippen LogP contribution in [0.15, 0.2) is 12.3 Å². The fourth-order valence-corrected chi connectivity index (χ4v) is 2.69. The third-order valence-corrected chi connectivity index (χ3v) is 4.13. The highest BCUT2D eigenvalue weighted by atomic mass is 35.5. The molecule has 1 amide bonds. The van der Waals surface area contributed by atoms with Crippen LogP contribution in [-0.2, 0) is 0 Å². The van der Waals surface area contributed by atoms with Gasteiger partial charge in [0.25, 0.3) is 5.91 Å². The Balaban J connectivity index is 1.97. The van der Waals surface area contributed by atoms with E-state index in [1.54, 1.807) is 6.07 Å². The molecular formula is C15H23ClN4O. The molecule has 0 radical (unpaired) electrons. The van der Waals surface area contributed by atoms with Gasteiger partial charge in [0, 0.05) is 25.3 Å². The fraction of sp³-hybridized carbons (Fsp3) is 0.600. The number of anilines is 1. The minimum atomic E-state index is -0.137. The average Bonchev–Trinajstić information content (AvgIpc) is 2.89. The molecule has 5 nitrogen and oxygen atoms in total. The van der Waals surface area contributed by atoms with Crippen LogP contribution < -0.4 is 10.6 Å². The maximum Gasteiger partial charge on any atom is 0.253 e. The second-order valence-corrected chi connectivity index (χ2v) is 5.87. The summed E-state index contributed by atoms with van der Waals surface area (Å²) < 4.78 is 0. The van der Waals surface area contributed by atoms with E-state index in [1.165, 1.54) is 12.6 Å². The Bertz CT molecular complexity index is 495. The molecule has 1 unspecified atom stereocenters. The van der Waals surface area contributed by atoms with Crippen molar-refractivity contribution in [2.24, 2.45) is 0 Å². The zero-order valence-electron chi connectivity index (χ0n) is 12.7. The number of carbonyl (C=O) groups excluding carboxylic acids is 1. The molecule has 116 valence electrons. The van der Waals surface area contributed by atoms with E-state index >= 15 is 0 Å². The van der Waals surface area contributed by atoms with E-state index in [1.807, 2.05) is 0 Å². The quantitative estimate of drug-likeness (QED) is 0.847. The molecule has 0 saturated carbocycles. The lowest BCUT2D eigenvalue weighted by Crippen LogP contribution is -2.38. The third kappa shape index (κ3) is 4.32. The molecule has 1 aliphatic heterocycles. The van der Waals surface area contributed by atoms with Crippen LogP contribution in [0.1, 0.15) is 36.5 Å². The van der Waals surface area contributed by atoms with E-state index in [0.717, 1.165) is 25.9 Å². The van der Waals surface area contributed by atoms with E-state index in [2.05, 4.69) is 34.5 Å². The lowest BCUT2D eigenvalue weighted by Gasteiger charge is -2.19. The first-order chi connectivity index (χ1) is 10.1. The van der Waals surface area contributed by atoms with Gasteiger partial charge in [0.05, 0.1) is 10.6 Å². The summed E-state index contributed by atoms with van der Waals surface area (Å²) in [6.45, 7) is 4.66. The molecular weight excluding hydrogens is 288 g/mol. The van der Waals surface area contributed by atoms with Gasteiger partial charge in [-0.15, -0.1) is 0 Å². The number of carbonyl (C=O) groups is 1. The number of halogens is 1. The first-order valence-electron chi connectivity index (χ1n) is 7.49. The van der Waals surface area contributed by atoms with Crippen LogP contribution >= 0.6 is 11.6 Å². The van der Waals surface area contributed by atoms with Crippen molar-refractivity contribution in [3.8, 4) is 0 Å². The number of likely N-dealkylation sites (tertiary alicyclic amines) is 1. The van der Waals surface area contributed by atoms with Crippen LogP contribution in [0.3, 0.4) is 0 Å². The van der Waals surface area contributed by atoms with E-state index in [4.69, 9.17) is 11.6 Å². The molecule has 2 rings (SSSR count). The molecule has 1 aromatic rings. The third-order valence-electron chi connectivity index (χ3n) is 3.83. The molecule has 1 aliphatic rings. The summed E-state index contributed by atoms with van der Waals surface area (Å²) in [5.74, 6) is 0.548. The largest absolute Gasteiger partial charge is 0.370 e. The van der Waals surface area contributed by atoms with Gasteiger partial charge in [-0.25, -0.2) is 4.98 Å². The molecule has 6 heteroatoms. The van der Waals surface area contributed by atoms with Crippen molar-refractivity contribution in [3.63, 3.8) is 0 Å². The van der Waals surface area contributed by atoms with Crippen molar-refractivity contribution >= 4 is 23.3 Å². The molecule has 1 fully saturated rings. The maximum absolute atomic E-state index is 12.3. The van der Waals surface area contributed by atoms with E-state index in [-0.39, 0.29) is 5.91 Å². The SMILES string of the molecule is CCCNc1cc(C(=O)NCC2CCCN2C)c(Cl)cn1. The topological polar surface area (TPSA) is 57.3 Å². The number of amides is 1. The number of rotatable bonds is 6. The highest BCUT2D eigenvalue weighted by molar-refractivity contribution is 6.33. The predicted molar refractivity (Wildman–Crippen MR) is 86.0 cm³/mol. The van der Waals surface area contributed by atoms with Gasteiger partial charge in [0.1, 0.15) is 5.82 Å². The van der Waals surface area contributed by atoms with Crippen LogP contribution in [-0.4, -0.2) is 48.5 Å². The molecule has 0 aromatic carbocycles. The van der Waals surface area contributed by atoms with Crippen molar-refractivity contribution in [3.05, 3.63) is 22.8 Å². The molecule has 2 heterocycles. The Labute approximate surface area is 131 Å². The van der Waals surface area contributed by atoms with E-state index in [9.17, 15) is 4.79 Å². The van der Waals surface area contributed by atoms with Gasteiger partial charge in [-0.3, -0.25) is 4.79 Å². The number of hydrogen-bond acceptors (Lipinski definition) is 4. The van der Waals surface area contributed by atoms with Gasteiger partial charge >= 0.3 is 0 Å². The molecule has 0 spiro atoms. The predicted octanol–water partition coefficient (Wildman–Crippen LogP) is 2.38. The Morgan fingerprint density at radius 1 is 1.57 bits per heavy atom. The van der Waals surface area contributed by atoms with Crippen LogP contribution in [0, 0.1) is 0 Å². The van der Waals surface area contributed by atoms with Crippen LogP contribution in [0.5, 0.6) is 0 Å². The molecule has 1 atom stereocenters. The standard InChI is InChI=1S/C15H23ClN4O/c1-3-6-17-14-8-12(13(16)10-18-14)15(21)19-9-11-5-4-7-20(11)2/h8,10-11H,3-7,9H2,1-2H3,(H,17,18)(H,19,21). The highest BCUT2D eigenvalue weighted by Gasteiger charge is 2.22. The van der Waals surface area contributed by atoms with Gasteiger partial charge in [-0.1, -0.05) is 18.5 Å². The Morgan fingerprint density at radius 3 is 3.05 bits per heavy atom. The first-order valence-corrected chi connectivity index (χ1v) is 7.87. The summed E-state index contributed by atoms with van der Waals surface area (Å²) in [6.07, 6.45) is 4.85. The number of hydrogen-bond donors (Lipinski definition) is 2. The molecule has 1 saturated heterocycles. The zero-order valence-corrected chi connectivity index (χ0v) is 13.4. The summed E-state index contributed by atoms with van der Waals surface area (Å²) in [5.41, 5.74) is 0.478. The zero-order chi connectivity index (χ0) is 15.2. The Kier molecular flexibility index (Phi) is 5.82. The lowest BCUT2D eigenvalue weighted by molar-refractivity contribution is 0.0943. The van der Waals surface area contributed by atoms with Gasteiger partial charge in [0.15, 0.2) is 0 Å². The minimum absolute atomic E-state index is 0.137. The van der Waals surface area contributed by atoms with Crippen molar-refractivity contribution in [1.82, 2.24) is 15.2 Å². The second kappa shape index (κ2) is 7.61. The van der Waals surface area contributed by atoms with Crippen molar-refractivity contribution in [1.29, 1.82) is 0 Å². The second-order valence-electron chi connectivity index (χ2n) is 5.46. The van der Waals surface area contributed by atoms with E-state index < -0.39 is 0 Å². The summed E-state index contributed by atoms with van der Waals surface area (Å²) in [4.78, 5) is 18.7. The number of nitrogens with zero attached hydrogens (tertiary/aromatic N) is 2. The van der Waals surface area contributed by atoms with E-state index in [0.29, 0.717) is 29.0 Å². The summed E-state index contributed by atoms with van der Waals surface area (Å²) in [6, 6.07) is 2.14. The first kappa shape index (κ1) is 16.0. The molecule has 21 heavy (non-hydrogen) atoms. The Morgan fingerprint density at radius 2 is 2.38 bits per heavy atom. The monoisotopic (exact) mass is 310 g/mol. The number of nitrogens with one attached hydrogen (secondary N) is 2. The molecule has 0 aliphatic carbocycles. The number of pyridine rings is 1. The lowest BCUT2D eigenvalue weighted by atomic mass is 10.2. The van der Waals surface area contributed by atoms with Crippen LogP contribution in [0.2, 0.25) is 5.02 Å². The summed E-state index contributed by atoms with van der Waals surface area (Å²) in [7, 11) is 2.09. The maximum atomic E-state index is 12.3. The van der Waals surface area contributed by atoms with Crippen molar-refractivity contribution in [2.45, 2.75) is 32.2 Å². The summed E-state index contributed by atoms with van der Waals surface area (Å²) in [5, 5.41) is 6.52. The number of aromatic nitrogens is 1. The van der Waals surface area contributed by atoms with Gasteiger partial charge in [-0.05, 0) is 38.9 Å². The van der Waals surface area contributed by atoms with Crippen molar-refractivity contribution < 1.29 is 4.79 Å². The molecule has 2 N–H and O–H groups in total. The molecule has 1 aromatic heterocycles. The van der Waals surface area contributed by atoms with Crippen LogP contribution in [0.4, 0.5) is 5.82 Å². The normalized spacial score (nSPS) is 18.7. The van der Waals surface area contributed by atoms with Crippen molar-refractivity contribution in [2.75, 3.05) is 32.0 Å². The highest BCUT2D eigenvalue weighted by Crippen LogP contribution is 2.19. The Hall–Kier alpha value is -1.33. The molecule has 0 bridgehead atoms. The smallest absolute Gasteiger partial charge is 0.253 e. The van der Waals surface area contributed by atoms with Crippen LogP contribution in [0.25, 0.3) is 0 Å². The average molecular weight is 311 g/mol.